The number of thiazole rings is 1. The van der Waals surface area contributed by atoms with E-state index < -0.39 is 0 Å². The maximum atomic E-state index is 12.3. The van der Waals surface area contributed by atoms with Crippen LogP contribution in [0.2, 0.25) is 0 Å². The van der Waals surface area contributed by atoms with Crippen LogP contribution in [0, 0.1) is 0 Å². The van der Waals surface area contributed by atoms with E-state index in [9.17, 15) is 4.79 Å². The molecule has 4 rings (SSSR count). The molecule has 1 N–H and O–H groups in total. The number of anilines is 1. The van der Waals surface area contributed by atoms with Crippen molar-refractivity contribution in [1.29, 1.82) is 0 Å². The van der Waals surface area contributed by atoms with Gasteiger partial charge in [-0.25, -0.2) is 4.98 Å². The molecule has 0 atom stereocenters. The fourth-order valence-electron chi connectivity index (χ4n) is 3.50. The van der Waals surface area contributed by atoms with Gasteiger partial charge in [-0.1, -0.05) is 28.1 Å². The molecule has 3 aromatic rings. The number of carbonyl (C=O) groups excluding carboxylic acids is 1. The van der Waals surface area contributed by atoms with Crippen LogP contribution in [0.3, 0.4) is 0 Å². The lowest BCUT2D eigenvalue weighted by molar-refractivity contribution is -0.111. The Morgan fingerprint density at radius 1 is 1.17 bits per heavy atom. The number of carbonyl (C=O) groups is 1. The number of nitrogens with zero attached hydrogens (tertiary/aromatic N) is 1. The molecule has 4 nitrogen and oxygen atoms in total. The number of amides is 1. The first-order valence-electron chi connectivity index (χ1n) is 9.53. The summed E-state index contributed by atoms with van der Waals surface area (Å²) in [7, 11) is 1.61. The number of ether oxygens (including phenoxy) is 1. The monoisotopic (exact) mass is 468 g/mol. The number of hydrogen-bond donors (Lipinski definition) is 1. The maximum absolute atomic E-state index is 12.3. The summed E-state index contributed by atoms with van der Waals surface area (Å²) in [5.74, 6) is 0.486. The first kappa shape index (κ1) is 19.9. The molecule has 2 aromatic carbocycles. The fourth-order valence-corrected chi connectivity index (χ4v) is 4.61. The van der Waals surface area contributed by atoms with Crippen molar-refractivity contribution in [2.75, 3.05) is 12.4 Å². The number of halogens is 1. The van der Waals surface area contributed by atoms with Gasteiger partial charge in [0.1, 0.15) is 5.75 Å². The van der Waals surface area contributed by atoms with E-state index in [1.807, 2.05) is 23.6 Å². The molecular weight excluding hydrogens is 448 g/mol. The van der Waals surface area contributed by atoms with Crippen molar-refractivity contribution < 1.29 is 9.53 Å². The van der Waals surface area contributed by atoms with E-state index in [0.717, 1.165) is 27.7 Å². The predicted octanol–water partition coefficient (Wildman–Crippen LogP) is 6.11. The summed E-state index contributed by atoms with van der Waals surface area (Å²) in [5.41, 5.74) is 5.72. The van der Waals surface area contributed by atoms with Crippen LogP contribution in [0.5, 0.6) is 5.75 Å². The van der Waals surface area contributed by atoms with Crippen LogP contribution in [-0.4, -0.2) is 18.0 Å². The second-order valence-electron chi connectivity index (χ2n) is 6.94. The number of fused-ring (bicyclic) bond motifs is 1. The van der Waals surface area contributed by atoms with E-state index in [1.165, 1.54) is 47.8 Å². The van der Waals surface area contributed by atoms with E-state index in [-0.39, 0.29) is 5.91 Å². The Hall–Kier alpha value is -2.44. The SMILES string of the molecule is COc1ccc(Br)cc1/C=C/C(=O)Nc1nc(-c2ccc3c(c2)CCCC3)cs1. The van der Waals surface area contributed by atoms with Gasteiger partial charge in [0.05, 0.1) is 12.8 Å². The van der Waals surface area contributed by atoms with Crippen LogP contribution >= 0.6 is 27.3 Å². The Morgan fingerprint density at radius 3 is 2.83 bits per heavy atom. The minimum atomic E-state index is -0.224. The van der Waals surface area contributed by atoms with Gasteiger partial charge in [-0.2, -0.15) is 0 Å². The smallest absolute Gasteiger partial charge is 0.250 e. The summed E-state index contributed by atoms with van der Waals surface area (Å²) in [5, 5.41) is 5.42. The van der Waals surface area contributed by atoms with E-state index >= 15 is 0 Å². The Morgan fingerprint density at radius 2 is 2.00 bits per heavy atom. The molecule has 6 heteroatoms. The molecule has 1 amide bonds. The summed E-state index contributed by atoms with van der Waals surface area (Å²) in [6.45, 7) is 0. The van der Waals surface area contributed by atoms with Crippen molar-refractivity contribution in [3.8, 4) is 17.0 Å². The van der Waals surface area contributed by atoms with Crippen LogP contribution in [-0.2, 0) is 17.6 Å². The minimum Gasteiger partial charge on any atom is -0.496 e. The summed E-state index contributed by atoms with van der Waals surface area (Å²) < 4.78 is 6.25. The van der Waals surface area contributed by atoms with Crippen LogP contribution in [0.15, 0.2) is 52.3 Å². The molecule has 0 radical (unpaired) electrons. The third kappa shape index (κ3) is 4.77. The van der Waals surface area contributed by atoms with E-state index in [4.69, 9.17) is 4.74 Å². The zero-order valence-electron chi connectivity index (χ0n) is 16.1. The number of aryl methyl sites for hydroxylation is 2. The van der Waals surface area contributed by atoms with Crippen molar-refractivity contribution in [3.05, 3.63) is 69.0 Å². The highest BCUT2D eigenvalue weighted by molar-refractivity contribution is 9.10. The highest BCUT2D eigenvalue weighted by Crippen LogP contribution is 2.30. The molecule has 0 saturated carbocycles. The predicted molar refractivity (Wildman–Crippen MR) is 123 cm³/mol. The van der Waals surface area contributed by atoms with Crippen molar-refractivity contribution >= 4 is 44.4 Å². The van der Waals surface area contributed by atoms with E-state index in [1.54, 1.807) is 13.2 Å². The van der Waals surface area contributed by atoms with Crippen LogP contribution in [0.1, 0.15) is 29.5 Å². The zero-order valence-corrected chi connectivity index (χ0v) is 18.5. The van der Waals surface area contributed by atoms with Gasteiger partial charge >= 0.3 is 0 Å². The van der Waals surface area contributed by atoms with Gasteiger partial charge < -0.3 is 4.74 Å². The van der Waals surface area contributed by atoms with Crippen molar-refractivity contribution in [1.82, 2.24) is 4.98 Å². The molecule has 0 spiro atoms. The second kappa shape index (κ2) is 8.93. The molecule has 148 valence electrons. The number of aromatic nitrogens is 1. The number of methoxy groups -OCH3 is 1. The van der Waals surface area contributed by atoms with Gasteiger partial charge in [-0.15, -0.1) is 11.3 Å². The maximum Gasteiger partial charge on any atom is 0.250 e. The Labute approximate surface area is 182 Å². The van der Waals surface area contributed by atoms with Gasteiger partial charge in [-0.05, 0) is 67.2 Å². The largest absolute Gasteiger partial charge is 0.496 e. The third-order valence-electron chi connectivity index (χ3n) is 4.98. The van der Waals surface area contributed by atoms with Crippen LogP contribution in [0.4, 0.5) is 5.13 Å². The summed E-state index contributed by atoms with van der Waals surface area (Å²) in [6.07, 6.45) is 8.06. The average molecular weight is 469 g/mol. The van der Waals surface area contributed by atoms with Gasteiger partial charge in [0.2, 0.25) is 5.91 Å². The molecule has 0 fully saturated rings. The molecule has 29 heavy (non-hydrogen) atoms. The number of hydrogen-bond acceptors (Lipinski definition) is 4. The topological polar surface area (TPSA) is 51.2 Å². The molecule has 1 heterocycles. The Balaban J connectivity index is 1.45. The summed E-state index contributed by atoms with van der Waals surface area (Å²) >= 11 is 4.87. The van der Waals surface area contributed by atoms with Crippen molar-refractivity contribution in [3.63, 3.8) is 0 Å². The molecule has 0 saturated heterocycles. The molecule has 1 aliphatic rings. The van der Waals surface area contributed by atoms with Crippen LogP contribution in [0.25, 0.3) is 17.3 Å². The zero-order chi connectivity index (χ0) is 20.2. The molecule has 0 unspecified atom stereocenters. The summed E-state index contributed by atoms with van der Waals surface area (Å²) in [4.78, 5) is 16.9. The fraction of sp³-hybridized carbons (Fsp3) is 0.217. The Bertz CT molecular complexity index is 1070. The number of nitrogens with one attached hydrogen (secondary N) is 1. The van der Waals surface area contributed by atoms with Gasteiger partial charge in [0, 0.05) is 27.1 Å². The molecule has 1 aromatic heterocycles. The second-order valence-corrected chi connectivity index (χ2v) is 8.71. The van der Waals surface area contributed by atoms with Crippen LogP contribution < -0.4 is 10.1 Å². The molecular formula is C23H21BrN2O2S. The standard InChI is InChI=1S/C23H21BrN2O2S/c1-28-21-10-9-19(24)13-18(21)8-11-22(27)26-23-25-20(14-29-23)17-7-6-15-4-2-3-5-16(15)12-17/h6-14H,2-5H2,1H3,(H,25,26,27)/b11-8+. The number of benzene rings is 2. The quantitative estimate of drug-likeness (QED) is 0.459. The normalized spacial score (nSPS) is 13.3. The van der Waals surface area contributed by atoms with E-state index in [2.05, 4.69) is 44.4 Å². The van der Waals surface area contributed by atoms with E-state index in [0.29, 0.717) is 10.9 Å². The lowest BCUT2D eigenvalue weighted by Crippen LogP contribution is -2.07. The molecule has 0 aliphatic heterocycles. The van der Waals surface area contributed by atoms with Crippen molar-refractivity contribution in [2.45, 2.75) is 25.7 Å². The third-order valence-corrected chi connectivity index (χ3v) is 6.24. The summed E-state index contributed by atoms with van der Waals surface area (Å²) in [6, 6.07) is 12.2. The average Bonchev–Trinajstić information content (AvgIpc) is 3.20. The highest BCUT2D eigenvalue weighted by atomic mass is 79.9. The Kier molecular flexibility index (Phi) is 6.11. The highest BCUT2D eigenvalue weighted by Gasteiger charge is 2.12. The number of rotatable bonds is 5. The molecule has 0 bridgehead atoms. The lowest BCUT2D eigenvalue weighted by Gasteiger charge is -2.16. The van der Waals surface area contributed by atoms with Gasteiger partial charge in [0.15, 0.2) is 5.13 Å². The first-order chi connectivity index (χ1) is 14.1. The first-order valence-corrected chi connectivity index (χ1v) is 11.2. The van der Waals surface area contributed by atoms with Crippen molar-refractivity contribution in [2.24, 2.45) is 0 Å². The van der Waals surface area contributed by atoms with Gasteiger partial charge in [0.25, 0.3) is 0 Å². The lowest BCUT2D eigenvalue weighted by atomic mass is 9.90. The van der Waals surface area contributed by atoms with Gasteiger partial charge in [-0.3, -0.25) is 10.1 Å². The molecule has 1 aliphatic carbocycles. The minimum absolute atomic E-state index is 0.224.